The zero-order valence-electron chi connectivity index (χ0n) is 10.1. The fraction of sp³-hybridized carbons (Fsp3) is 0.308. The second-order valence-electron chi connectivity index (χ2n) is 3.93. The minimum absolute atomic E-state index is 0.396. The van der Waals surface area contributed by atoms with E-state index in [-0.39, 0.29) is 0 Å². The van der Waals surface area contributed by atoms with Crippen molar-refractivity contribution in [1.82, 2.24) is 9.78 Å². The molecule has 0 atom stereocenters. The largest absolute Gasteiger partial charge is 0.454 e. The Balaban J connectivity index is 2.10. The first kappa shape index (κ1) is 13.2. The fourth-order valence-electron chi connectivity index (χ4n) is 1.58. The van der Waals surface area contributed by atoms with Gasteiger partial charge in [0.1, 0.15) is 5.75 Å². The van der Waals surface area contributed by atoms with Crippen molar-refractivity contribution in [2.45, 2.75) is 25.8 Å². The summed E-state index contributed by atoms with van der Waals surface area (Å²) in [6.07, 6.45) is 4.60. The molecule has 0 aliphatic heterocycles. The van der Waals surface area contributed by atoms with Crippen molar-refractivity contribution in [2.24, 2.45) is 0 Å². The fourth-order valence-corrected chi connectivity index (χ4v) is 2.12. The average molecular weight is 285 g/mol. The summed E-state index contributed by atoms with van der Waals surface area (Å²) in [6.45, 7) is 2.99. The maximum atomic E-state index is 6.07. The Labute approximate surface area is 116 Å². The lowest BCUT2D eigenvalue weighted by Gasteiger charge is -2.05. The number of alkyl halides is 1. The van der Waals surface area contributed by atoms with Gasteiger partial charge in [-0.2, -0.15) is 5.10 Å². The van der Waals surface area contributed by atoms with Crippen molar-refractivity contribution >= 4 is 23.2 Å². The van der Waals surface area contributed by atoms with E-state index >= 15 is 0 Å². The third kappa shape index (κ3) is 3.18. The quantitative estimate of drug-likeness (QED) is 0.757. The Morgan fingerprint density at radius 1 is 1.33 bits per heavy atom. The van der Waals surface area contributed by atoms with Crippen LogP contribution in [0.15, 0.2) is 30.6 Å². The normalized spacial score (nSPS) is 10.6. The van der Waals surface area contributed by atoms with Gasteiger partial charge in [-0.1, -0.05) is 24.6 Å². The molecule has 0 unspecified atom stereocenters. The van der Waals surface area contributed by atoms with Gasteiger partial charge in [-0.15, -0.1) is 11.6 Å². The summed E-state index contributed by atoms with van der Waals surface area (Å²) in [6, 6.07) is 5.47. The van der Waals surface area contributed by atoms with Crippen molar-refractivity contribution in [2.75, 3.05) is 0 Å². The second kappa shape index (κ2) is 6.12. The standard InChI is InChI=1S/C13H14Cl2N2O/c1-2-5-17-9-12(8-16-17)18-11-4-3-10(7-14)13(15)6-11/h3-4,6,8-9H,2,5,7H2,1H3. The lowest BCUT2D eigenvalue weighted by atomic mass is 10.2. The highest BCUT2D eigenvalue weighted by molar-refractivity contribution is 6.32. The highest BCUT2D eigenvalue weighted by Crippen LogP contribution is 2.27. The summed E-state index contributed by atoms with van der Waals surface area (Å²) >= 11 is 11.8. The number of hydrogen-bond donors (Lipinski definition) is 0. The number of rotatable bonds is 5. The van der Waals surface area contributed by atoms with Crippen LogP contribution in [-0.2, 0) is 12.4 Å². The van der Waals surface area contributed by atoms with Crippen LogP contribution in [0.2, 0.25) is 5.02 Å². The monoisotopic (exact) mass is 284 g/mol. The molecule has 0 aliphatic rings. The molecule has 0 spiro atoms. The molecular weight excluding hydrogens is 271 g/mol. The zero-order valence-corrected chi connectivity index (χ0v) is 11.6. The summed E-state index contributed by atoms with van der Waals surface area (Å²) in [7, 11) is 0. The van der Waals surface area contributed by atoms with E-state index in [1.165, 1.54) is 0 Å². The first-order valence-corrected chi connectivity index (χ1v) is 6.69. The predicted molar refractivity (Wildman–Crippen MR) is 73.6 cm³/mol. The van der Waals surface area contributed by atoms with E-state index in [0.29, 0.717) is 22.4 Å². The number of hydrogen-bond acceptors (Lipinski definition) is 2. The second-order valence-corrected chi connectivity index (χ2v) is 4.60. The maximum absolute atomic E-state index is 6.07. The van der Waals surface area contributed by atoms with Crippen LogP contribution < -0.4 is 4.74 Å². The van der Waals surface area contributed by atoms with Crippen LogP contribution in [0.3, 0.4) is 0 Å². The summed E-state index contributed by atoms with van der Waals surface area (Å²) in [5, 5.41) is 4.81. The van der Waals surface area contributed by atoms with E-state index in [1.54, 1.807) is 12.3 Å². The molecule has 0 saturated carbocycles. The molecular formula is C13H14Cl2N2O. The van der Waals surface area contributed by atoms with Crippen LogP contribution in [0.1, 0.15) is 18.9 Å². The molecule has 1 aromatic carbocycles. The van der Waals surface area contributed by atoms with Crippen LogP contribution in [0.5, 0.6) is 11.5 Å². The lowest BCUT2D eigenvalue weighted by Crippen LogP contribution is -1.95. The van der Waals surface area contributed by atoms with Crippen molar-refractivity contribution in [3.63, 3.8) is 0 Å². The Morgan fingerprint density at radius 2 is 2.17 bits per heavy atom. The van der Waals surface area contributed by atoms with E-state index in [9.17, 15) is 0 Å². The molecule has 0 bridgehead atoms. The van der Waals surface area contributed by atoms with Crippen molar-refractivity contribution in [1.29, 1.82) is 0 Å². The molecule has 18 heavy (non-hydrogen) atoms. The third-order valence-corrected chi connectivity index (χ3v) is 3.11. The van der Waals surface area contributed by atoms with Gasteiger partial charge in [-0.3, -0.25) is 4.68 Å². The van der Waals surface area contributed by atoms with Gasteiger partial charge < -0.3 is 4.74 Å². The first-order chi connectivity index (χ1) is 8.72. The number of aryl methyl sites for hydroxylation is 1. The lowest BCUT2D eigenvalue weighted by molar-refractivity contribution is 0.480. The van der Waals surface area contributed by atoms with Crippen LogP contribution in [0.4, 0.5) is 0 Å². The van der Waals surface area contributed by atoms with E-state index < -0.39 is 0 Å². The molecule has 0 radical (unpaired) electrons. The topological polar surface area (TPSA) is 27.1 Å². The number of halogens is 2. The number of benzene rings is 1. The highest BCUT2D eigenvalue weighted by atomic mass is 35.5. The van der Waals surface area contributed by atoms with E-state index in [4.69, 9.17) is 27.9 Å². The van der Waals surface area contributed by atoms with E-state index in [0.717, 1.165) is 18.5 Å². The van der Waals surface area contributed by atoms with E-state index in [1.807, 2.05) is 23.0 Å². The Kier molecular flexibility index (Phi) is 4.50. The molecule has 0 aliphatic carbocycles. The van der Waals surface area contributed by atoms with Gasteiger partial charge in [-0.05, 0) is 24.1 Å². The molecule has 0 amide bonds. The predicted octanol–water partition coefficient (Wildman–Crippen LogP) is 4.48. The molecule has 96 valence electrons. The molecule has 0 saturated heterocycles. The summed E-state index contributed by atoms with van der Waals surface area (Å²) < 4.78 is 7.53. The molecule has 1 heterocycles. The molecule has 1 aromatic heterocycles. The molecule has 3 nitrogen and oxygen atoms in total. The molecule has 0 fully saturated rings. The molecule has 2 aromatic rings. The number of nitrogens with zero attached hydrogens (tertiary/aromatic N) is 2. The van der Waals surface area contributed by atoms with Crippen molar-refractivity contribution in [3.8, 4) is 11.5 Å². The SMILES string of the molecule is CCCn1cc(Oc2ccc(CCl)c(Cl)c2)cn1. The smallest absolute Gasteiger partial charge is 0.165 e. The van der Waals surface area contributed by atoms with E-state index in [2.05, 4.69) is 12.0 Å². The summed E-state index contributed by atoms with van der Waals surface area (Å²) in [4.78, 5) is 0. The van der Waals surface area contributed by atoms with Gasteiger partial charge in [-0.25, -0.2) is 0 Å². The minimum atomic E-state index is 0.396. The average Bonchev–Trinajstić information content (AvgIpc) is 2.77. The molecule has 0 N–H and O–H groups in total. The Morgan fingerprint density at radius 3 is 2.83 bits per heavy atom. The first-order valence-electron chi connectivity index (χ1n) is 5.77. The van der Waals surface area contributed by atoms with Crippen LogP contribution in [-0.4, -0.2) is 9.78 Å². The zero-order chi connectivity index (χ0) is 13.0. The van der Waals surface area contributed by atoms with Crippen molar-refractivity contribution in [3.05, 3.63) is 41.2 Å². The van der Waals surface area contributed by atoms with Crippen molar-refractivity contribution < 1.29 is 4.74 Å². The van der Waals surface area contributed by atoms with Gasteiger partial charge in [0.05, 0.1) is 12.4 Å². The maximum Gasteiger partial charge on any atom is 0.165 e. The van der Waals surface area contributed by atoms with Gasteiger partial charge in [0.2, 0.25) is 0 Å². The van der Waals surface area contributed by atoms with Crippen LogP contribution in [0, 0.1) is 0 Å². The highest BCUT2D eigenvalue weighted by Gasteiger charge is 2.04. The molecule has 5 heteroatoms. The minimum Gasteiger partial charge on any atom is -0.454 e. The van der Waals surface area contributed by atoms with Gasteiger partial charge in [0.25, 0.3) is 0 Å². The Hall–Kier alpha value is -1.19. The van der Waals surface area contributed by atoms with Crippen LogP contribution in [0.25, 0.3) is 0 Å². The summed E-state index contributed by atoms with van der Waals surface area (Å²) in [5.74, 6) is 1.79. The number of ether oxygens (including phenoxy) is 1. The molecule has 2 rings (SSSR count). The Bertz CT molecular complexity index is 525. The van der Waals surface area contributed by atoms with Gasteiger partial charge in [0, 0.05) is 17.4 Å². The van der Waals surface area contributed by atoms with Gasteiger partial charge >= 0.3 is 0 Å². The third-order valence-electron chi connectivity index (χ3n) is 2.47. The van der Waals surface area contributed by atoms with Gasteiger partial charge in [0.15, 0.2) is 5.75 Å². The summed E-state index contributed by atoms with van der Waals surface area (Å²) in [5.41, 5.74) is 0.896. The van der Waals surface area contributed by atoms with Crippen LogP contribution >= 0.6 is 23.2 Å². The number of aromatic nitrogens is 2.